The molecule has 0 bridgehead atoms. The van der Waals surface area contributed by atoms with E-state index in [1.165, 1.54) is 6.42 Å². The summed E-state index contributed by atoms with van der Waals surface area (Å²) in [7, 11) is 1.84. The van der Waals surface area contributed by atoms with Crippen molar-refractivity contribution in [2.75, 3.05) is 26.2 Å². The Bertz CT molecular complexity index is 885. The van der Waals surface area contributed by atoms with Crippen molar-refractivity contribution in [2.45, 2.75) is 31.4 Å². The number of pyridine rings is 1. The lowest BCUT2D eigenvalue weighted by atomic mass is 10.1. The van der Waals surface area contributed by atoms with Crippen molar-refractivity contribution >= 4 is 16.8 Å². The van der Waals surface area contributed by atoms with E-state index < -0.39 is 6.10 Å². The van der Waals surface area contributed by atoms with Gasteiger partial charge in [0.2, 0.25) is 5.43 Å². The summed E-state index contributed by atoms with van der Waals surface area (Å²) in [6.45, 7) is 2.72. The number of aromatic nitrogens is 1. The average molecular weight is 355 g/mol. The maximum atomic E-state index is 13.0. The molecule has 1 aromatic carbocycles. The molecule has 2 atom stereocenters. The molecule has 2 aliphatic rings. The van der Waals surface area contributed by atoms with Crippen LogP contribution in [0.4, 0.5) is 0 Å². The molecule has 6 nitrogen and oxygen atoms in total. The van der Waals surface area contributed by atoms with Crippen molar-refractivity contribution in [3.8, 4) is 0 Å². The van der Waals surface area contributed by atoms with Crippen molar-refractivity contribution < 1.29 is 9.90 Å². The normalized spacial score (nSPS) is 24.3. The van der Waals surface area contributed by atoms with Gasteiger partial charge in [0.25, 0.3) is 5.91 Å². The van der Waals surface area contributed by atoms with Crippen molar-refractivity contribution in [3.63, 3.8) is 0 Å². The summed E-state index contributed by atoms with van der Waals surface area (Å²) in [6.07, 6.45) is 4.58. The van der Waals surface area contributed by atoms with Crippen LogP contribution in [0.1, 0.15) is 29.6 Å². The number of aliphatic hydroxyl groups is 1. The third-order valence-corrected chi connectivity index (χ3v) is 5.73. The van der Waals surface area contributed by atoms with Crippen LogP contribution in [0.5, 0.6) is 0 Å². The Kier molecular flexibility index (Phi) is 4.54. The number of nitrogens with zero attached hydrogens (tertiary/aromatic N) is 3. The highest BCUT2D eigenvalue weighted by Gasteiger charge is 2.38. The number of rotatable bonds is 2. The van der Waals surface area contributed by atoms with E-state index in [9.17, 15) is 14.7 Å². The van der Waals surface area contributed by atoms with Gasteiger partial charge in [0.05, 0.1) is 17.7 Å². The Hall–Kier alpha value is -2.18. The van der Waals surface area contributed by atoms with Crippen molar-refractivity contribution in [1.29, 1.82) is 0 Å². The van der Waals surface area contributed by atoms with Gasteiger partial charge in [0.15, 0.2) is 0 Å². The zero-order chi connectivity index (χ0) is 18.3. The van der Waals surface area contributed by atoms with Gasteiger partial charge in [0.1, 0.15) is 5.56 Å². The second kappa shape index (κ2) is 6.85. The minimum atomic E-state index is -0.554. The number of carbonyl (C=O) groups excluding carboxylic acids is 1. The standard InChI is InChI=1S/C20H25N3O3/c1-21-11-15(19(25)14-7-3-4-8-16(14)21)20(26)23-12-17(18(24)13-23)22-9-5-2-6-10-22/h3-4,7-8,11,17-18,24H,2,5-6,9-10,12-13H2,1H3/t17-,18-/m0/s1. The number of aryl methyl sites for hydroxylation is 1. The first-order valence-electron chi connectivity index (χ1n) is 9.36. The summed E-state index contributed by atoms with van der Waals surface area (Å²) in [4.78, 5) is 29.8. The summed E-state index contributed by atoms with van der Waals surface area (Å²) in [5, 5.41) is 11.0. The smallest absolute Gasteiger partial charge is 0.259 e. The van der Waals surface area contributed by atoms with Crippen LogP contribution in [-0.2, 0) is 7.05 Å². The van der Waals surface area contributed by atoms with Crippen LogP contribution in [0.2, 0.25) is 0 Å². The van der Waals surface area contributed by atoms with Crippen LogP contribution in [0.25, 0.3) is 10.9 Å². The Morgan fingerprint density at radius 1 is 1.12 bits per heavy atom. The molecular formula is C20H25N3O3. The average Bonchev–Trinajstić information content (AvgIpc) is 3.06. The molecule has 26 heavy (non-hydrogen) atoms. The molecule has 2 fully saturated rings. The fourth-order valence-corrected chi connectivity index (χ4v) is 4.31. The minimum Gasteiger partial charge on any atom is -0.390 e. The summed E-state index contributed by atoms with van der Waals surface area (Å²) >= 11 is 0. The van der Waals surface area contributed by atoms with E-state index in [1.54, 1.807) is 17.2 Å². The number of hydrogen-bond donors (Lipinski definition) is 1. The lowest BCUT2D eigenvalue weighted by Gasteiger charge is -2.33. The molecule has 2 aromatic rings. The highest BCUT2D eigenvalue weighted by atomic mass is 16.3. The molecule has 0 aliphatic carbocycles. The molecule has 0 unspecified atom stereocenters. The van der Waals surface area contributed by atoms with Crippen LogP contribution >= 0.6 is 0 Å². The zero-order valence-electron chi connectivity index (χ0n) is 15.1. The molecule has 0 radical (unpaired) electrons. The van der Waals surface area contributed by atoms with Gasteiger partial charge < -0.3 is 14.6 Å². The first-order chi connectivity index (χ1) is 12.6. The minimum absolute atomic E-state index is 0.0245. The number of para-hydroxylation sites is 1. The fraction of sp³-hybridized carbons (Fsp3) is 0.500. The summed E-state index contributed by atoms with van der Waals surface area (Å²) in [5.41, 5.74) is 0.749. The third kappa shape index (κ3) is 2.93. The van der Waals surface area contributed by atoms with E-state index in [2.05, 4.69) is 4.90 Å². The van der Waals surface area contributed by atoms with Gasteiger partial charge in [-0.15, -0.1) is 0 Å². The van der Waals surface area contributed by atoms with Crippen molar-refractivity contribution in [2.24, 2.45) is 7.05 Å². The SMILES string of the molecule is Cn1cc(C(=O)N2C[C@H](O)[C@@H](N3CCCCC3)C2)c(=O)c2ccccc21. The van der Waals surface area contributed by atoms with E-state index in [1.807, 2.05) is 29.8 Å². The third-order valence-electron chi connectivity index (χ3n) is 5.73. The zero-order valence-corrected chi connectivity index (χ0v) is 15.1. The number of likely N-dealkylation sites (tertiary alicyclic amines) is 2. The number of β-amino-alcohol motifs (C(OH)–C–C–N with tert-alkyl or cyclic N) is 1. The largest absolute Gasteiger partial charge is 0.390 e. The van der Waals surface area contributed by atoms with Gasteiger partial charge in [0, 0.05) is 31.7 Å². The van der Waals surface area contributed by atoms with Crippen LogP contribution in [0.3, 0.4) is 0 Å². The lowest BCUT2D eigenvalue weighted by Crippen LogP contribution is -2.46. The second-order valence-electron chi connectivity index (χ2n) is 7.44. The number of piperidine rings is 1. The Morgan fingerprint density at radius 2 is 1.85 bits per heavy atom. The molecule has 138 valence electrons. The molecule has 2 aliphatic heterocycles. The predicted octanol–water partition coefficient (Wildman–Crippen LogP) is 1.21. The summed E-state index contributed by atoms with van der Waals surface area (Å²) in [5.74, 6) is -0.282. The molecule has 2 saturated heterocycles. The summed E-state index contributed by atoms with van der Waals surface area (Å²) in [6, 6.07) is 7.29. The molecule has 4 rings (SSSR count). The maximum Gasteiger partial charge on any atom is 0.259 e. The van der Waals surface area contributed by atoms with Gasteiger partial charge >= 0.3 is 0 Å². The fourth-order valence-electron chi connectivity index (χ4n) is 4.31. The van der Waals surface area contributed by atoms with Gasteiger partial charge in [-0.05, 0) is 38.1 Å². The van der Waals surface area contributed by atoms with E-state index >= 15 is 0 Å². The van der Waals surface area contributed by atoms with E-state index in [4.69, 9.17) is 0 Å². The topological polar surface area (TPSA) is 65.8 Å². The van der Waals surface area contributed by atoms with Crippen LogP contribution in [0, 0.1) is 0 Å². The first kappa shape index (κ1) is 17.2. The molecule has 1 N–H and O–H groups in total. The van der Waals surface area contributed by atoms with Gasteiger partial charge in [-0.1, -0.05) is 18.6 Å². The second-order valence-corrected chi connectivity index (χ2v) is 7.44. The monoisotopic (exact) mass is 355 g/mol. The summed E-state index contributed by atoms with van der Waals surface area (Å²) < 4.78 is 1.82. The Labute approximate surface area is 152 Å². The van der Waals surface area contributed by atoms with Crippen LogP contribution in [0.15, 0.2) is 35.3 Å². The molecule has 0 spiro atoms. The lowest BCUT2D eigenvalue weighted by molar-refractivity contribution is 0.0702. The molecule has 1 aromatic heterocycles. The van der Waals surface area contributed by atoms with Crippen molar-refractivity contribution in [3.05, 3.63) is 46.2 Å². The first-order valence-corrected chi connectivity index (χ1v) is 9.36. The Balaban J connectivity index is 1.61. The number of amides is 1. The van der Waals surface area contributed by atoms with E-state index in [0.29, 0.717) is 11.9 Å². The van der Waals surface area contributed by atoms with Crippen LogP contribution in [-0.4, -0.2) is 63.7 Å². The van der Waals surface area contributed by atoms with Gasteiger partial charge in [-0.25, -0.2) is 0 Å². The number of benzene rings is 1. The highest BCUT2D eigenvalue weighted by Crippen LogP contribution is 2.22. The quantitative estimate of drug-likeness (QED) is 0.879. The predicted molar refractivity (Wildman–Crippen MR) is 100 cm³/mol. The van der Waals surface area contributed by atoms with E-state index in [-0.39, 0.29) is 29.5 Å². The molecule has 1 amide bonds. The Morgan fingerprint density at radius 3 is 2.62 bits per heavy atom. The van der Waals surface area contributed by atoms with E-state index in [0.717, 1.165) is 31.4 Å². The molecule has 6 heteroatoms. The number of aliphatic hydroxyl groups excluding tert-OH is 1. The molecule has 0 saturated carbocycles. The molecular weight excluding hydrogens is 330 g/mol. The van der Waals surface area contributed by atoms with Crippen molar-refractivity contribution in [1.82, 2.24) is 14.4 Å². The highest BCUT2D eigenvalue weighted by molar-refractivity contribution is 5.97. The van der Waals surface area contributed by atoms with Crippen LogP contribution < -0.4 is 5.43 Å². The molecule has 3 heterocycles. The van der Waals surface area contributed by atoms with Gasteiger partial charge in [-0.3, -0.25) is 14.5 Å². The number of carbonyl (C=O) groups is 1. The maximum absolute atomic E-state index is 13.0. The number of hydrogen-bond acceptors (Lipinski definition) is 4. The number of fused-ring (bicyclic) bond motifs is 1. The van der Waals surface area contributed by atoms with Gasteiger partial charge in [-0.2, -0.15) is 0 Å².